The average molecular weight is 295 g/mol. The van der Waals surface area contributed by atoms with Gasteiger partial charge in [-0.25, -0.2) is 4.79 Å². The number of aliphatic carboxylic acids is 1. The van der Waals surface area contributed by atoms with Crippen LogP contribution in [0.3, 0.4) is 0 Å². The molecule has 1 aromatic heterocycles. The second kappa shape index (κ2) is 8.31. The molecule has 1 rings (SSSR count). The van der Waals surface area contributed by atoms with Crippen molar-refractivity contribution in [3.63, 3.8) is 0 Å². The van der Waals surface area contributed by atoms with Crippen molar-refractivity contribution >= 4 is 11.9 Å². The van der Waals surface area contributed by atoms with E-state index in [1.54, 1.807) is 20.1 Å². The van der Waals surface area contributed by atoms with Crippen molar-refractivity contribution in [2.75, 3.05) is 13.7 Å². The minimum Gasteiger partial charge on any atom is -0.480 e. The topological polar surface area (TPSA) is 101 Å². The summed E-state index contributed by atoms with van der Waals surface area (Å²) < 4.78 is 4.89. The number of amides is 1. The van der Waals surface area contributed by atoms with Crippen LogP contribution >= 0.6 is 0 Å². The Morgan fingerprint density at radius 2 is 2.14 bits per heavy atom. The summed E-state index contributed by atoms with van der Waals surface area (Å²) in [6, 6.07) is 0.681. The molecule has 0 saturated heterocycles. The van der Waals surface area contributed by atoms with Crippen LogP contribution in [0.5, 0.6) is 0 Å². The van der Waals surface area contributed by atoms with E-state index >= 15 is 0 Å². The minimum absolute atomic E-state index is 0.313. The molecule has 116 valence electrons. The van der Waals surface area contributed by atoms with Crippen LogP contribution in [0.4, 0.5) is 0 Å². The van der Waals surface area contributed by atoms with Crippen molar-refractivity contribution in [1.82, 2.24) is 15.5 Å². The third kappa shape index (κ3) is 5.11. The number of nitrogens with zero attached hydrogens (tertiary/aromatic N) is 2. The summed E-state index contributed by atoms with van der Waals surface area (Å²) in [5, 5.41) is 19.6. The van der Waals surface area contributed by atoms with Gasteiger partial charge in [0.25, 0.3) is 5.91 Å². The summed E-state index contributed by atoms with van der Waals surface area (Å²) >= 11 is 0. The maximum absolute atomic E-state index is 12.3. The van der Waals surface area contributed by atoms with E-state index in [0.717, 1.165) is 0 Å². The second-order valence-electron chi connectivity index (χ2n) is 4.70. The van der Waals surface area contributed by atoms with E-state index in [9.17, 15) is 9.59 Å². The van der Waals surface area contributed by atoms with Gasteiger partial charge in [0.15, 0.2) is 0 Å². The number of ether oxygens (including phenoxy) is 1. The average Bonchev–Trinajstić information content (AvgIpc) is 2.46. The van der Waals surface area contributed by atoms with Gasteiger partial charge in [0.05, 0.1) is 17.0 Å². The van der Waals surface area contributed by atoms with Gasteiger partial charge in [-0.15, -0.1) is 0 Å². The maximum atomic E-state index is 12.3. The van der Waals surface area contributed by atoms with Gasteiger partial charge in [-0.3, -0.25) is 4.79 Å². The highest BCUT2D eigenvalue weighted by Crippen LogP contribution is 2.09. The summed E-state index contributed by atoms with van der Waals surface area (Å²) in [6.45, 7) is 4.05. The number of aromatic nitrogens is 2. The van der Waals surface area contributed by atoms with Crippen LogP contribution in [0.1, 0.15) is 41.5 Å². The molecule has 1 unspecified atom stereocenters. The Bertz CT molecular complexity index is 505. The zero-order chi connectivity index (χ0) is 15.8. The van der Waals surface area contributed by atoms with Crippen LogP contribution in [0.2, 0.25) is 0 Å². The molecule has 0 aromatic carbocycles. The van der Waals surface area contributed by atoms with Gasteiger partial charge in [0.2, 0.25) is 0 Å². The lowest BCUT2D eigenvalue weighted by molar-refractivity contribution is -0.139. The largest absolute Gasteiger partial charge is 0.480 e. The summed E-state index contributed by atoms with van der Waals surface area (Å²) in [5.41, 5.74) is 1.55. The van der Waals surface area contributed by atoms with Crippen LogP contribution in [-0.2, 0) is 16.0 Å². The molecule has 0 aliphatic carbocycles. The number of carboxylic acid groups (broad SMARTS) is 1. The molecule has 21 heavy (non-hydrogen) atoms. The molecule has 1 atom stereocenters. The van der Waals surface area contributed by atoms with E-state index in [0.29, 0.717) is 42.8 Å². The molecular weight excluding hydrogens is 274 g/mol. The molecule has 1 amide bonds. The minimum atomic E-state index is -1.06. The van der Waals surface area contributed by atoms with Crippen molar-refractivity contribution in [3.8, 4) is 0 Å². The van der Waals surface area contributed by atoms with Gasteiger partial charge < -0.3 is 15.2 Å². The Morgan fingerprint density at radius 1 is 1.43 bits per heavy atom. The molecular formula is C14H21N3O4. The van der Waals surface area contributed by atoms with Gasteiger partial charge in [0.1, 0.15) is 6.04 Å². The molecule has 0 bridgehead atoms. The van der Waals surface area contributed by atoms with E-state index in [-0.39, 0.29) is 0 Å². The molecule has 0 spiro atoms. The van der Waals surface area contributed by atoms with Crippen LogP contribution < -0.4 is 5.32 Å². The number of carbonyl (C=O) groups excluding carboxylic acids is 1. The lowest BCUT2D eigenvalue weighted by Crippen LogP contribution is -2.41. The zero-order valence-electron chi connectivity index (χ0n) is 12.5. The fourth-order valence-corrected chi connectivity index (χ4v) is 1.90. The summed E-state index contributed by atoms with van der Waals surface area (Å²) in [7, 11) is 1.55. The van der Waals surface area contributed by atoms with Crippen LogP contribution in [0, 0.1) is 6.92 Å². The molecule has 7 nitrogen and oxygen atoms in total. The van der Waals surface area contributed by atoms with E-state index in [2.05, 4.69) is 15.5 Å². The molecule has 7 heteroatoms. The Morgan fingerprint density at radius 3 is 2.71 bits per heavy atom. The Balaban J connectivity index is 2.81. The van der Waals surface area contributed by atoms with Crippen LogP contribution in [0.25, 0.3) is 0 Å². The first-order valence-electron chi connectivity index (χ1n) is 6.85. The molecule has 0 aliphatic heterocycles. The highest BCUT2D eigenvalue weighted by Gasteiger charge is 2.22. The predicted molar refractivity (Wildman–Crippen MR) is 76.1 cm³/mol. The van der Waals surface area contributed by atoms with Crippen molar-refractivity contribution < 1.29 is 19.4 Å². The standard InChI is InChI=1S/C14H21N3O4/c1-4-11-10(8-9(2)16-17-11)13(18)15-12(14(19)20)6-5-7-21-3/h8,12H,4-7H2,1-3H3,(H,15,18)(H,19,20). The Labute approximate surface area is 123 Å². The van der Waals surface area contributed by atoms with Crippen molar-refractivity contribution in [2.45, 2.75) is 39.2 Å². The first-order valence-corrected chi connectivity index (χ1v) is 6.85. The molecule has 0 radical (unpaired) electrons. The Kier molecular flexibility index (Phi) is 6.74. The number of rotatable bonds is 8. The van der Waals surface area contributed by atoms with Crippen LogP contribution in [-0.4, -0.2) is 46.9 Å². The van der Waals surface area contributed by atoms with Gasteiger partial charge in [-0.1, -0.05) is 6.92 Å². The number of methoxy groups -OCH3 is 1. The highest BCUT2D eigenvalue weighted by molar-refractivity contribution is 5.97. The van der Waals surface area contributed by atoms with Gasteiger partial charge in [-0.05, 0) is 32.3 Å². The number of hydrogen-bond acceptors (Lipinski definition) is 5. The molecule has 0 fully saturated rings. The summed E-state index contributed by atoms with van der Waals surface area (Å²) in [6.07, 6.45) is 1.42. The molecule has 2 N–H and O–H groups in total. The third-order valence-electron chi connectivity index (χ3n) is 3.02. The number of carbonyl (C=O) groups is 2. The van der Waals surface area contributed by atoms with Crippen molar-refractivity contribution in [1.29, 1.82) is 0 Å². The summed E-state index contributed by atoms with van der Waals surface area (Å²) in [5.74, 6) is -1.49. The van der Waals surface area contributed by atoms with Gasteiger partial charge >= 0.3 is 5.97 Å². The van der Waals surface area contributed by atoms with E-state index in [1.165, 1.54) is 0 Å². The number of nitrogens with one attached hydrogen (secondary N) is 1. The number of hydrogen-bond donors (Lipinski definition) is 2. The normalized spacial score (nSPS) is 12.0. The number of carboxylic acids is 1. The van der Waals surface area contributed by atoms with Crippen molar-refractivity contribution in [2.24, 2.45) is 0 Å². The van der Waals surface area contributed by atoms with Crippen molar-refractivity contribution in [3.05, 3.63) is 23.0 Å². The second-order valence-corrected chi connectivity index (χ2v) is 4.70. The van der Waals surface area contributed by atoms with E-state index in [4.69, 9.17) is 9.84 Å². The molecule has 1 heterocycles. The molecule has 0 aliphatic rings. The molecule has 1 aromatic rings. The van der Waals surface area contributed by atoms with Crippen LogP contribution in [0.15, 0.2) is 6.07 Å². The maximum Gasteiger partial charge on any atom is 0.326 e. The van der Waals surface area contributed by atoms with E-state index in [1.807, 2.05) is 6.92 Å². The predicted octanol–water partition coefficient (Wildman–Crippen LogP) is 0.957. The third-order valence-corrected chi connectivity index (χ3v) is 3.02. The highest BCUT2D eigenvalue weighted by atomic mass is 16.5. The lowest BCUT2D eigenvalue weighted by atomic mass is 10.1. The fraction of sp³-hybridized carbons (Fsp3) is 0.571. The first-order chi connectivity index (χ1) is 9.99. The monoisotopic (exact) mass is 295 g/mol. The quantitative estimate of drug-likeness (QED) is 0.693. The first kappa shape index (κ1) is 17.0. The zero-order valence-corrected chi connectivity index (χ0v) is 12.5. The van der Waals surface area contributed by atoms with E-state index < -0.39 is 17.9 Å². The van der Waals surface area contributed by atoms with Gasteiger partial charge in [0, 0.05) is 13.7 Å². The molecule has 0 saturated carbocycles. The van der Waals surface area contributed by atoms with Gasteiger partial charge in [-0.2, -0.15) is 10.2 Å². The Hall–Kier alpha value is -2.02. The SMILES string of the molecule is CCc1nnc(C)cc1C(=O)NC(CCCOC)C(=O)O. The fourth-order valence-electron chi connectivity index (χ4n) is 1.90. The summed E-state index contributed by atoms with van der Waals surface area (Å²) in [4.78, 5) is 23.4. The smallest absolute Gasteiger partial charge is 0.326 e. The lowest BCUT2D eigenvalue weighted by Gasteiger charge is -2.15. The number of aryl methyl sites for hydroxylation is 2.